The van der Waals surface area contributed by atoms with Gasteiger partial charge in [-0.25, -0.2) is 15.0 Å². The molecule has 12 nitrogen and oxygen atoms in total. The van der Waals surface area contributed by atoms with Gasteiger partial charge in [-0.3, -0.25) is 14.5 Å². The Bertz CT molecular complexity index is 1620. The summed E-state index contributed by atoms with van der Waals surface area (Å²) in [4.78, 5) is 43.4. The molecule has 0 radical (unpaired) electrons. The summed E-state index contributed by atoms with van der Waals surface area (Å²) in [6, 6.07) is 8.09. The summed E-state index contributed by atoms with van der Waals surface area (Å²) in [7, 11) is 0. The van der Waals surface area contributed by atoms with Crippen LogP contribution >= 0.6 is 11.3 Å². The molecule has 3 atom stereocenters. The molecule has 3 aromatic heterocycles. The topological polar surface area (TPSA) is 147 Å². The summed E-state index contributed by atoms with van der Waals surface area (Å²) in [5.41, 5.74) is 2.68. The van der Waals surface area contributed by atoms with Gasteiger partial charge in [0.25, 0.3) is 5.91 Å². The highest BCUT2D eigenvalue weighted by Gasteiger charge is 2.42. The van der Waals surface area contributed by atoms with Gasteiger partial charge in [0.15, 0.2) is 11.0 Å². The number of rotatable bonds is 8. The van der Waals surface area contributed by atoms with E-state index in [9.17, 15) is 14.7 Å². The van der Waals surface area contributed by atoms with E-state index in [0.717, 1.165) is 60.0 Å². The molecule has 4 aromatic rings. The Morgan fingerprint density at radius 2 is 1.98 bits per heavy atom. The van der Waals surface area contributed by atoms with Gasteiger partial charge >= 0.3 is 0 Å². The number of aliphatic hydroxyl groups excluding tert-OH is 1. The summed E-state index contributed by atoms with van der Waals surface area (Å²) in [6.45, 7) is 4.42. The lowest BCUT2D eigenvalue weighted by Gasteiger charge is -2.49. The molecular formula is C31H35N7O5S. The largest absolute Gasteiger partial charge is 0.390 e. The van der Waals surface area contributed by atoms with E-state index < -0.39 is 6.10 Å². The molecule has 0 unspecified atom stereocenters. The van der Waals surface area contributed by atoms with Crippen LogP contribution in [0.4, 0.5) is 5.13 Å². The van der Waals surface area contributed by atoms with Gasteiger partial charge in [0, 0.05) is 61.7 Å². The van der Waals surface area contributed by atoms with Crippen molar-refractivity contribution in [1.82, 2.24) is 29.9 Å². The second-order valence-electron chi connectivity index (χ2n) is 12.0. The average Bonchev–Trinajstić information content (AvgIpc) is 3.77. The van der Waals surface area contributed by atoms with Crippen LogP contribution in [-0.2, 0) is 16.1 Å². The summed E-state index contributed by atoms with van der Waals surface area (Å²) in [5.74, 6) is 0.674. The third-order valence-corrected chi connectivity index (χ3v) is 10.0. The zero-order chi connectivity index (χ0) is 30.2. The van der Waals surface area contributed by atoms with Crippen LogP contribution in [0.2, 0.25) is 0 Å². The Hall–Kier alpha value is -3.78. The summed E-state index contributed by atoms with van der Waals surface area (Å²) in [5, 5.41) is 17.2. The maximum absolute atomic E-state index is 13.1. The number of aliphatic hydroxyl groups is 1. The summed E-state index contributed by atoms with van der Waals surface area (Å²) < 4.78 is 11.8. The van der Waals surface area contributed by atoms with Gasteiger partial charge in [-0.2, -0.15) is 0 Å². The highest BCUT2D eigenvalue weighted by Crippen LogP contribution is 2.36. The van der Waals surface area contributed by atoms with Crippen molar-refractivity contribution in [3.63, 3.8) is 0 Å². The third-order valence-electron chi connectivity index (χ3n) is 9.07. The Balaban J connectivity index is 0.908. The second-order valence-corrected chi connectivity index (χ2v) is 13.0. The fraction of sp³-hybridized carbons (Fsp3) is 0.484. The first-order valence-corrected chi connectivity index (χ1v) is 16.0. The number of nitrogens with zero attached hydrogens (tertiary/aromatic N) is 6. The molecule has 3 aliphatic rings. The van der Waals surface area contributed by atoms with E-state index in [0.29, 0.717) is 30.1 Å². The van der Waals surface area contributed by atoms with Crippen molar-refractivity contribution >= 4 is 38.5 Å². The van der Waals surface area contributed by atoms with Crippen LogP contribution in [-0.4, -0.2) is 90.8 Å². The molecule has 2 aliphatic carbocycles. The maximum atomic E-state index is 13.1. The molecule has 2 N–H and O–H groups in total. The number of nitrogens with one attached hydrogen (secondary N) is 1. The molecule has 2 saturated carbocycles. The van der Waals surface area contributed by atoms with Crippen LogP contribution in [0.3, 0.4) is 0 Å². The first-order chi connectivity index (χ1) is 21.4. The van der Waals surface area contributed by atoms with E-state index in [1.165, 1.54) is 17.5 Å². The summed E-state index contributed by atoms with van der Waals surface area (Å²) >= 11 is 1.46. The highest BCUT2D eigenvalue weighted by atomic mass is 32.1. The minimum absolute atomic E-state index is 0.00338. The molecule has 1 saturated heterocycles. The van der Waals surface area contributed by atoms with E-state index in [1.54, 1.807) is 18.5 Å². The molecule has 1 aliphatic heterocycles. The zero-order valence-corrected chi connectivity index (χ0v) is 25.3. The van der Waals surface area contributed by atoms with Crippen molar-refractivity contribution in [2.45, 2.75) is 69.9 Å². The number of hydrogen-bond donors (Lipinski definition) is 2. The van der Waals surface area contributed by atoms with Gasteiger partial charge in [0.05, 0.1) is 28.6 Å². The van der Waals surface area contributed by atoms with Gasteiger partial charge in [0.1, 0.15) is 6.61 Å². The Kier molecular flexibility index (Phi) is 8.10. The van der Waals surface area contributed by atoms with Gasteiger partial charge < -0.3 is 24.6 Å². The van der Waals surface area contributed by atoms with Gasteiger partial charge in [0.2, 0.25) is 11.7 Å². The second kappa shape index (κ2) is 12.3. The predicted octanol–water partition coefficient (Wildman–Crippen LogP) is 3.73. The Morgan fingerprint density at radius 3 is 2.70 bits per heavy atom. The first-order valence-electron chi connectivity index (χ1n) is 15.2. The molecule has 4 heterocycles. The molecule has 13 heteroatoms. The predicted molar refractivity (Wildman–Crippen MR) is 163 cm³/mol. The molecule has 44 heavy (non-hydrogen) atoms. The van der Waals surface area contributed by atoms with Gasteiger partial charge in [-0.05, 0) is 56.7 Å². The molecular weight excluding hydrogens is 582 g/mol. The van der Waals surface area contributed by atoms with Crippen molar-refractivity contribution in [1.29, 1.82) is 0 Å². The number of anilines is 1. The van der Waals surface area contributed by atoms with Crippen LogP contribution in [0.25, 0.3) is 21.3 Å². The molecule has 1 aromatic carbocycles. The third kappa shape index (κ3) is 5.96. The van der Waals surface area contributed by atoms with Crippen molar-refractivity contribution in [2.75, 3.05) is 25.0 Å². The molecule has 2 amide bonds. The Morgan fingerprint density at radius 1 is 1.14 bits per heavy atom. The number of benzene rings is 1. The number of aromatic nitrogens is 4. The molecule has 0 bridgehead atoms. The van der Waals surface area contributed by atoms with Crippen LogP contribution in [0, 0.1) is 5.92 Å². The Labute approximate surface area is 258 Å². The zero-order valence-electron chi connectivity index (χ0n) is 24.5. The number of hydrogen-bond acceptors (Lipinski definition) is 11. The van der Waals surface area contributed by atoms with Crippen LogP contribution < -0.4 is 5.32 Å². The minimum atomic E-state index is -0.401. The monoisotopic (exact) mass is 617 g/mol. The van der Waals surface area contributed by atoms with Crippen molar-refractivity contribution < 1.29 is 24.0 Å². The van der Waals surface area contributed by atoms with Gasteiger partial charge in [-0.15, -0.1) is 0 Å². The quantitative estimate of drug-likeness (QED) is 0.300. The van der Waals surface area contributed by atoms with Crippen molar-refractivity contribution in [2.24, 2.45) is 5.92 Å². The fourth-order valence-electron chi connectivity index (χ4n) is 6.48. The fourth-order valence-corrected chi connectivity index (χ4v) is 7.39. The van der Waals surface area contributed by atoms with E-state index in [4.69, 9.17) is 9.26 Å². The van der Waals surface area contributed by atoms with Gasteiger partial charge in [-0.1, -0.05) is 22.6 Å². The van der Waals surface area contributed by atoms with Crippen LogP contribution in [0.1, 0.15) is 55.4 Å². The first kappa shape index (κ1) is 29.0. The highest BCUT2D eigenvalue weighted by molar-refractivity contribution is 7.22. The smallest absolute Gasteiger partial charge is 0.292 e. The standard InChI is InChI=1S/C31H35N7O5S/c1-18-16-37(30(41)26-7-8-34-43-26)9-10-38(18)22-11-20(12-22)29(40)36-31-35-23-6-5-19(13-27(23)44-31)21-14-32-28(33-15-21)17-42-25-4-2-3-24(25)39/h5-8,13-15,18,20,22,24-25,39H,2-4,9-12,16-17H2,1H3,(H,35,36,40)/t18-,20-,22+,24-,25-/m0/s1. The van der Waals surface area contributed by atoms with E-state index >= 15 is 0 Å². The van der Waals surface area contributed by atoms with E-state index in [2.05, 4.69) is 37.2 Å². The lowest BCUT2D eigenvalue weighted by atomic mass is 9.78. The number of carbonyl (C=O) groups excluding carboxylic acids is 2. The molecule has 3 fully saturated rings. The van der Waals surface area contributed by atoms with Crippen LogP contribution in [0.5, 0.6) is 0 Å². The van der Waals surface area contributed by atoms with Crippen LogP contribution in [0.15, 0.2) is 47.4 Å². The van der Waals surface area contributed by atoms with E-state index in [1.807, 2.05) is 23.1 Å². The normalized spacial score (nSPS) is 25.7. The summed E-state index contributed by atoms with van der Waals surface area (Å²) in [6.07, 6.45) is 8.73. The lowest BCUT2D eigenvalue weighted by molar-refractivity contribution is -0.125. The number of fused-ring (bicyclic) bond motifs is 1. The average molecular weight is 618 g/mol. The van der Waals surface area contributed by atoms with Crippen molar-refractivity contribution in [3.8, 4) is 11.1 Å². The number of ether oxygens (including phenoxy) is 1. The lowest BCUT2D eigenvalue weighted by Crippen LogP contribution is -2.60. The number of piperazine rings is 1. The maximum Gasteiger partial charge on any atom is 0.292 e. The molecule has 230 valence electrons. The number of carbonyl (C=O) groups is 2. The SMILES string of the molecule is C[C@H]1CN(C(=O)c2ccno2)CCN1[C@H]1C[C@@H](C(=O)Nc2nc3ccc(-c4cnc(CO[C@H]5CCC[C@@H]5O)nc4)cc3s2)C1. The van der Waals surface area contributed by atoms with E-state index in [-0.39, 0.29) is 42.2 Å². The number of amides is 2. The minimum Gasteiger partial charge on any atom is -0.390 e. The number of thiazole rings is 1. The van der Waals surface area contributed by atoms with Crippen molar-refractivity contribution in [3.05, 3.63) is 54.4 Å². The molecule has 0 spiro atoms. The molecule has 7 rings (SSSR count).